The van der Waals surface area contributed by atoms with Crippen LogP contribution >= 0.6 is 11.3 Å². The average Bonchev–Trinajstić information content (AvgIpc) is 2.80. The van der Waals surface area contributed by atoms with E-state index >= 15 is 0 Å². The van der Waals surface area contributed by atoms with Crippen LogP contribution in [0, 0.1) is 13.8 Å². The second kappa shape index (κ2) is 6.23. The van der Waals surface area contributed by atoms with E-state index in [0.717, 1.165) is 51.3 Å². The summed E-state index contributed by atoms with van der Waals surface area (Å²) in [6, 6.07) is 0. The molecule has 0 amide bonds. The molecule has 1 aliphatic carbocycles. The van der Waals surface area contributed by atoms with Gasteiger partial charge in [0.15, 0.2) is 5.13 Å². The zero-order valence-electron chi connectivity index (χ0n) is 13.3. The normalized spacial score (nSPS) is 23.5. The van der Waals surface area contributed by atoms with E-state index in [1.807, 2.05) is 0 Å². The highest BCUT2D eigenvalue weighted by Gasteiger charge is 2.32. The van der Waals surface area contributed by atoms with Gasteiger partial charge in [0.2, 0.25) is 0 Å². The zero-order chi connectivity index (χ0) is 14.9. The standard InChI is InChI=1S/C16H27N3OS/c1-13-14(2)21-15(17-13)19-10-8-18(9-11-19)12-16(20)6-4-3-5-7-16/h20H,3-12H2,1-2H3. The lowest BCUT2D eigenvalue weighted by Gasteiger charge is -2.41. The van der Waals surface area contributed by atoms with Crippen molar-refractivity contribution in [1.82, 2.24) is 9.88 Å². The van der Waals surface area contributed by atoms with Crippen molar-refractivity contribution in [3.63, 3.8) is 0 Å². The number of β-amino-alcohol motifs (C(OH)–C–C–N with tert-alkyl or cyclic N) is 1. The van der Waals surface area contributed by atoms with Crippen molar-refractivity contribution in [2.45, 2.75) is 51.6 Å². The van der Waals surface area contributed by atoms with Crippen LogP contribution in [0.2, 0.25) is 0 Å². The number of hydrogen-bond acceptors (Lipinski definition) is 5. The van der Waals surface area contributed by atoms with Crippen molar-refractivity contribution in [2.24, 2.45) is 0 Å². The summed E-state index contributed by atoms with van der Waals surface area (Å²) in [7, 11) is 0. The van der Waals surface area contributed by atoms with Crippen LogP contribution < -0.4 is 4.90 Å². The first kappa shape index (κ1) is 15.3. The van der Waals surface area contributed by atoms with Crippen LogP contribution in [0.15, 0.2) is 0 Å². The van der Waals surface area contributed by atoms with Gasteiger partial charge in [0.25, 0.3) is 0 Å². The Bertz CT molecular complexity index is 454. The third kappa shape index (κ3) is 3.58. The quantitative estimate of drug-likeness (QED) is 0.931. The van der Waals surface area contributed by atoms with E-state index in [1.54, 1.807) is 11.3 Å². The summed E-state index contributed by atoms with van der Waals surface area (Å²) in [5.41, 5.74) is 0.739. The first-order valence-corrected chi connectivity index (χ1v) is 9.01. The molecule has 1 saturated carbocycles. The number of aryl methyl sites for hydroxylation is 2. The van der Waals surface area contributed by atoms with Gasteiger partial charge < -0.3 is 10.0 Å². The number of aliphatic hydroxyl groups is 1. The molecular formula is C16H27N3OS. The van der Waals surface area contributed by atoms with E-state index < -0.39 is 5.60 Å². The maximum atomic E-state index is 10.7. The Hall–Kier alpha value is -0.650. The molecular weight excluding hydrogens is 282 g/mol. The minimum absolute atomic E-state index is 0.422. The minimum Gasteiger partial charge on any atom is -0.389 e. The highest BCUT2D eigenvalue weighted by atomic mass is 32.1. The second-order valence-electron chi connectivity index (χ2n) is 6.69. The number of nitrogens with zero attached hydrogens (tertiary/aromatic N) is 3. The van der Waals surface area contributed by atoms with Gasteiger partial charge in [-0.2, -0.15) is 0 Å². The Morgan fingerprint density at radius 2 is 1.76 bits per heavy atom. The highest BCUT2D eigenvalue weighted by molar-refractivity contribution is 7.15. The Balaban J connectivity index is 1.53. The molecule has 5 heteroatoms. The predicted molar refractivity (Wildman–Crippen MR) is 88.3 cm³/mol. The van der Waals surface area contributed by atoms with Gasteiger partial charge in [-0.25, -0.2) is 4.98 Å². The van der Waals surface area contributed by atoms with E-state index in [0.29, 0.717) is 0 Å². The lowest BCUT2D eigenvalue weighted by Crippen LogP contribution is -2.52. The summed E-state index contributed by atoms with van der Waals surface area (Å²) in [5.74, 6) is 0. The fourth-order valence-electron chi connectivity index (χ4n) is 3.47. The first-order valence-electron chi connectivity index (χ1n) is 8.19. The largest absolute Gasteiger partial charge is 0.389 e. The molecule has 1 aromatic rings. The maximum absolute atomic E-state index is 10.7. The van der Waals surface area contributed by atoms with E-state index in [9.17, 15) is 5.11 Å². The first-order chi connectivity index (χ1) is 10.1. The summed E-state index contributed by atoms with van der Waals surface area (Å²) in [6.07, 6.45) is 5.64. The topological polar surface area (TPSA) is 39.6 Å². The van der Waals surface area contributed by atoms with Gasteiger partial charge in [0.1, 0.15) is 0 Å². The zero-order valence-corrected chi connectivity index (χ0v) is 14.1. The van der Waals surface area contributed by atoms with Gasteiger partial charge in [-0.15, -0.1) is 11.3 Å². The lowest BCUT2D eigenvalue weighted by molar-refractivity contribution is -0.0271. The van der Waals surface area contributed by atoms with Gasteiger partial charge in [-0.05, 0) is 26.7 Å². The molecule has 0 bridgehead atoms. The average molecular weight is 309 g/mol. The van der Waals surface area contributed by atoms with Crippen LogP contribution in [0.5, 0.6) is 0 Å². The van der Waals surface area contributed by atoms with Crippen LogP contribution in [-0.4, -0.2) is 53.3 Å². The Kier molecular flexibility index (Phi) is 4.52. The SMILES string of the molecule is Cc1nc(N2CCN(CC3(O)CCCCC3)CC2)sc1C. The van der Waals surface area contributed by atoms with Gasteiger partial charge in [-0.1, -0.05) is 19.3 Å². The van der Waals surface area contributed by atoms with Crippen LogP contribution in [0.4, 0.5) is 5.13 Å². The van der Waals surface area contributed by atoms with Crippen molar-refractivity contribution >= 4 is 16.5 Å². The number of aromatic nitrogens is 1. The van der Waals surface area contributed by atoms with Crippen molar-refractivity contribution < 1.29 is 5.11 Å². The summed E-state index contributed by atoms with van der Waals surface area (Å²) in [4.78, 5) is 10.8. The van der Waals surface area contributed by atoms with Crippen LogP contribution in [-0.2, 0) is 0 Å². The van der Waals surface area contributed by atoms with E-state index in [-0.39, 0.29) is 0 Å². The van der Waals surface area contributed by atoms with Gasteiger partial charge in [0.05, 0.1) is 11.3 Å². The van der Waals surface area contributed by atoms with E-state index in [1.165, 1.54) is 29.3 Å². The number of rotatable bonds is 3. The van der Waals surface area contributed by atoms with Gasteiger partial charge in [0, 0.05) is 37.6 Å². The van der Waals surface area contributed by atoms with Crippen molar-refractivity contribution in [3.8, 4) is 0 Å². The fourth-order valence-corrected chi connectivity index (χ4v) is 4.43. The molecule has 0 spiro atoms. The molecule has 118 valence electrons. The molecule has 1 N–H and O–H groups in total. The predicted octanol–water partition coefficient (Wildman–Crippen LogP) is 2.58. The molecule has 2 aliphatic rings. The highest BCUT2D eigenvalue weighted by Crippen LogP contribution is 2.30. The molecule has 2 heterocycles. The van der Waals surface area contributed by atoms with Crippen LogP contribution in [0.1, 0.15) is 42.7 Å². The van der Waals surface area contributed by atoms with E-state index in [2.05, 4.69) is 28.6 Å². The molecule has 4 nitrogen and oxygen atoms in total. The number of anilines is 1. The Morgan fingerprint density at radius 3 is 2.33 bits per heavy atom. The molecule has 1 saturated heterocycles. The van der Waals surface area contributed by atoms with Crippen LogP contribution in [0.3, 0.4) is 0 Å². The molecule has 0 aromatic carbocycles. The van der Waals surface area contributed by atoms with Crippen molar-refractivity contribution in [2.75, 3.05) is 37.6 Å². The number of thiazole rings is 1. The Morgan fingerprint density at radius 1 is 1.10 bits per heavy atom. The second-order valence-corrected chi connectivity index (χ2v) is 7.87. The van der Waals surface area contributed by atoms with Gasteiger partial charge >= 0.3 is 0 Å². The monoisotopic (exact) mass is 309 g/mol. The van der Waals surface area contributed by atoms with Crippen molar-refractivity contribution in [1.29, 1.82) is 0 Å². The molecule has 0 atom stereocenters. The number of piperazine rings is 1. The third-order valence-electron chi connectivity index (χ3n) is 4.96. The summed E-state index contributed by atoms with van der Waals surface area (Å²) in [6.45, 7) is 9.23. The lowest BCUT2D eigenvalue weighted by atomic mass is 9.84. The molecule has 3 rings (SSSR count). The molecule has 21 heavy (non-hydrogen) atoms. The minimum atomic E-state index is -0.422. The maximum Gasteiger partial charge on any atom is 0.185 e. The van der Waals surface area contributed by atoms with Gasteiger partial charge in [-0.3, -0.25) is 4.90 Å². The van der Waals surface area contributed by atoms with E-state index in [4.69, 9.17) is 0 Å². The smallest absolute Gasteiger partial charge is 0.185 e. The molecule has 1 aromatic heterocycles. The molecule has 2 fully saturated rings. The van der Waals surface area contributed by atoms with Crippen molar-refractivity contribution in [3.05, 3.63) is 10.6 Å². The molecule has 1 aliphatic heterocycles. The summed E-state index contributed by atoms with van der Waals surface area (Å²) in [5, 5.41) is 11.8. The summed E-state index contributed by atoms with van der Waals surface area (Å²) >= 11 is 1.80. The summed E-state index contributed by atoms with van der Waals surface area (Å²) < 4.78 is 0. The Labute approximate surface area is 131 Å². The fraction of sp³-hybridized carbons (Fsp3) is 0.812. The molecule has 0 radical (unpaired) electrons. The number of hydrogen-bond donors (Lipinski definition) is 1. The third-order valence-corrected chi connectivity index (χ3v) is 6.10. The molecule has 0 unspecified atom stereocenters. The van der Waals surface area contributed by atoms with Crippen LogP contribution in [0.25, 0.3) is 0 Å².